The van der Waals surface area contributed by atoms with Gasteiger partial charge in [0.2, 0.25) is 0 Å². The van der Waals surface area contributed by atoms with Gasteiger partial charge in [-0.15, -0.1) is 0 Å². The maximum absolute atomic E-state index is 5.17. The second kappa shape index (κ2) is 11.9. The highest BCUT2D eigenvalue weighted by molar-refractivity contribution is 6.14. The lowest BCUT2D eigenvalue weighted by atomic mass is 9.65. The van der Waals surface area contributed by atoms with Crippen molar-refractivity contribution in [2.45, 2.75) is 5.41 Å². The highest BCUT2D eigenvalue weighted by Crippen LogP contribution is 2.61. The Labute approximate surface area is 325 Å². The topological polar surface area (TPSA) is 17.8 Å². The number of rotatable bonds is 4. The predicted octanol–water partition coefficient (Wildman–Crippen LogP) is 13.5. The number of pyridine rings is 1. The molecule has 10 aromatic rings. The van der Waals surface area contributed by atoms with Gasteiger partial charge in [-0.2, -0.15) is 0 Å². The molecule has 1 aliphatic heterocycles. The van der Waals surface area contributed by atoms with Crippen molar-refractivity contribution in [3.05, 3.63) is 229 Å². The number of aromatic nitrogens is 2. The summed E-state index contributed by atoms with van der Waals surface area (Å²) in [6.07, 6.45) is 0. The smallest absolute Gasteiger partial charge is 0.0754 e. The molecule has 0 amide bonds. The molecule has 0 saturated heterocycles. The van der Waals surface area contributed by atoms with Crippen LogP contribution in [0.25, 0.3) is 83.4 Å². The third-order valence-corrected chi connectivity index (χ3v) is 12.2. The van der Waals surface area contributed by atoms with E-state index in [4.69, 9.17) is 4.98 Å². The van der Waals surface area contributed by atoms with Crippen molar-refractivity contribution in [1.29, 1.82) is 0 Å². The zero-order chi connectivity index (χ0) is 36.8. The van der Waals surface area contributed by atoms with Crippen molar-refractivity contribution in [3.8, 4) is 61.6 Å². The second-order valence-corrected chi connectivity index (χ2v) is 15.1. The lowest BCUT2D eigenvalue weighted by Crippen LogP contribution is -2.33. The van der Waals surface area contributed by atoms with Crippen LogP contribution in [-0.4, -0.2) is 9.55 Å². The van der Waals surface area contributed by atoms with Crippen LogP contribution in [0.3, 0.4) is 0 Å². The number of para-hydroxylation sites is 2. The maximum Gasteiger partial charge on any atom is 0.0754 e. The van der Waals surface area contributed by atoms with Crippen molar-refractivity contribution in [1.82, 2.24) is 9.55 Å². The maximum atomic E-state index is 5.17. The highest BCUT2D eigenvalue weighted by atomic mass is 15.0. The van der Waals surface area contributed by atoms with Crippen LogP contribution in [0.1, 0.15) is 22.3 Å². The molecule has 3 heterocycles. The average molecular weight is 711 g/mol. The van der Waals surface area contributed by atoms with E-state index in [1.807, 2.05) is 0 Å². The molecule has 2 heteroatoms. The van der Waals surface area contributed by atoms with E-state index in [1.165, 1.54) is 72.0 Å². The molecule has 0 radical (unpaired) electrons. The summed E-state index contributed by atoms with van der Waals surface area (Å²) in [5, 5.41) is 2.54. The van der Waals surface area contributed by atoms with Gasteiger partial charge in [-0.1, -0.05) is 164 Å². The van der Waals surface area contributed by atoms with E-state index in [-0.39, 0.29) is 0 Å². The van der Waals surface area contributed by atoms with Crippen LogP contribution >= 0.6 is 0 Å². The lowest BCUT2D eigenvalue weighted by molar-refractivity contribution is 0.749. The molecule has 56 heavy (non-hydrogen) atoms. The normalized spacial score (nSPS) is 13.1. The molecule has 0 bridgehead atoms. The van der Waals surface area contributed by atoms with Gasteiger partial charge >= 0.3 is 0 Å². The van der Waals surface area contributed by atoms with Crippen LogP contribution in [0, 0.1) is 0 Å². The summed E-state index contributed by atoms with van der Waals surface area (Å²) < 4.78 is 2.53. The molecule has 2 aromatic heterocycles. The van der Waals surface area contributed by atoms with E-state index in [1.54, 1.807) is 0 Å². The molecule has 8 aromatic carbocycles. The lowest BCUT2D eigenvalue weighted by Gasteiger charge is -2.39. The van der Waals surface area contributed by atoms with Crippen LogP contribution in [-0.2, 0) is 5.41 Å². The summed E-state index contributed by atoms with van der Waals surface area (Å²) in [6.45, 7) is 0. The Bertz CT molecular complexity index is 3090. The Morgan fingerprint density at radius 3 is 1.52 bits per heavy atom. The summed E-state index contributed by atoms with van der Waals surface area (Å²) in [7, 11) is 0. The summed E-state index contributed by atoms with van der Waals surface area (Å²) >= 11 is 0. The van der Waals surface area contributed by atoms with Crippen molar-refractivity contribution >= 4 is 21.8 Å². The molecule has 0 fully saturated rings. The first kappa shape index (κ1) is 31.1. The minimum absolute atomic E-state index is 0.486. The second-order valence-electron chi connectivity index (χ2n) is 15.1. The van der Waals surface area contributed by atoms with Gasteiger partial charge in [0, 0.05) is 21.9 Å². The van der Waals surface area contributed by atoms with Crippen molar-refractivity contribution in [3.63, 3.8) is 0 Å². The fourth-order valence-corrected chi connectivity index (χ4v) is 9.84. The van der Waals surface area contributed by atoms with Gasteiger partial charge in [-0.25, -0.2) is 4.98 Å². The van der Waals surface area contributed by atoms with E-state index in [2.05, 4.69) is 211 Å². The van der Waals surface area contributed by atoms with E-state index in [0.717, 1.165) is 33.6 Å². The zero-order valence-electron chi connectivity index (χ0n) is 30.5. The van der Waals surface area contributed by atoms with Gasteiger partial charge in [-0.05, 0) is 98.1 Å². The fourth-order valence-electron chi connectivity index (χ4n) is 9.84. The minimum Gasteiger partial charge on any atom is -0.309 e. The van der Waals surface area contributed by atoms with Crippen LogP contribution in [0.2, 0.25) is 0 Å². The summed E-state index contributed by atoms with van der Waals surface area (Å²) in [6, 6.07) is 75.6. The molecule has 0 unspecified atom stereocenters. The molecular formula is C54H34N2. The Morgan fingerprint density at radius 2 is 0.857 bits per heavy atom. The summed E-state index contributed by atoms with van der Waals surface area (Å²) in [5.41, 5.74) is 20.0. The standard InChI is InChI=1S/C54H34N2/c1-3-16-35(17-4-1)49-33-40(34-50(55-49)36-18-5-2-6-19-36)38-21-15-20-37(30-38)39-31-44-43-24-9-13-28-51(43)56-52-29-14-12-27-47(52)54(48(32-39)53(44)56)45-25-10-7-22-41(45)42-23-8-11-26-46(42)54/h1-34H. The Hall–Kier alpha value is -7.29. The first-order valence-electron chi connectivity index (χ1n) is 19.4. The predicted molar refractivity (Wildman–Crippen MR) is 231 cm³/mol. The molecule has 12 rings (SSSR count). The summed E-state index contributed by atoms with van der Waals surface area (Å²) in [5.74, 6) is 0. The Morgan fingerprint density at radius 1 is 0.339 bits per heavy atom. The van der Waals surface area contributed by atoms with E-state index in [0.29, 0.717) is 0 Å². The Balaban J connectivity index is 1.14. The fraction of sp³-hybridized carbons (Fsp3) is 0.0185. The van der Waals surface area contributed by atoms with Crippen LogP contribution < -0.4 is 0 Å². The third kappa shape index (κ3) is 4.30. The number of nitrogens with zero attached hydrogens (tertiary/aromatic N) is 2. The van der Waals surface area contributed by atoms with E-state index < -0.39 is 5.41 Å². The number of benzene rings is 8. The van der Waals surface area contributed by atoms with Gasteiger partial charge in [0.25, 0.3) is 0 Å². The first-order chi connectivity index (χ1) is 27.8. The van der Waals surface area contributed by atoms with Crippen molar-refractivity contribution in [2.75, 3.05) is 0 Å². The number of hydrogen-bond acceptors (Lipinski definition) is 1. The van der Waals surface area contributed by atoms with Gasteiger partial charge in [0.1, 0.15) is 0 Å². The molecule has 0 saturated carbocycles. The zero-order valence-corrected chi connectivity index (χ0v) is 30.5. The van der Waals surface area contributed by atoms with Crippen molar-refractivity contribution in [2.24, 2.45) is 0 Å². The molecule has 0 atom stereocenters. The molecule has 2 nitrogen and oxygen atoms in total. The number of hydrogen-bond donors (Lipinski definition) is 0. The Kier molecular flexibility index (Phi) is 6.58. The molecule has 260 valence electrons. The van der Waals surface area contributed by atoms with Crippen LogP contribution in [0.15, 0.2) is 206 Å². The van der Waals surface area contributed by atoms with E-state index >= 15 is 0 Å². The number of fused-ring (bicyclic) bond motifs is 12. The quantitative estimate of drug-likeness (QED) is 0.178. The molecule has 1 aliphatic carbocycles. The molecular weight excluding hydrogens is 677 g/mol. The van der Waals surface area contributed by atoms with Crippen LogP contribution in [0.5, 0.6) is 0 Å². The monoisotopic (exact) mass is 710 g/mol. The average Bonchev–Trinajstić information content (AvgIpc) is 3.77. The van der Waals surface area contributed by atoms with Crippen molar-refractivity contribution < 1.29 is 0 Å². The van der Waals surface area contributed by atoms with Gasteiger partial charge in [0.15, 0.2) is 0 Å². The third-order valence-electron chi connectivity index (χ3n) is 12.2. The van der Waals surface area contributed by atoms with E-state index in [9.17, 15) is 0 Å². The minimum atomic E-state index is -0.486. The van der Waals surface area contributed by atoms with Gasteiger partial charge in [-0.3, -0.25) is 0 Å². The van der Waals surface area contributed by atoms with Crippen LogP contribution in [0.4, 0.5) is 0 Å². The molecule has 1 spiro atoms. The summed E-state index contributed by atoms with van der Waals surface area (Å²) in [4.78, 5) is 5.17. The van der Waals surface area contributed by atoms with Gasteiger partial charge in [0.05, 0.1) is 33.5 Å². The molecule has 2 aliphatic rings. The highest BCUT2D eigenvalue weighted by Gasteiger charge is 2.50. The first-order valence-corrected chi connectivity index (χ1v) is 19.4. The SMILES string of the molecule is c1ccc(-c2cc(-c3cccc(-c4cc5c6c(c4)c4ccccc4n6-c4ccccc4C54c5ccccc5-c5ccccc54)c3)cc(-c3ccccc3)n2)cc1. The van der Waals surface area contributed by atoms with Gasteiger partial charge < -0.3 is 4.57 Å². The molecule has 0 N–H and O–H groups in total. The largest absolute Gasteiger partial charge is 0.309 e.